The van der Waals surface area contributed by atoms with Crippen molar-refractivity contribution in [1.82, 2.24) is 34.6 Å². The van der Waals surface area contributed by atoms with Crippen LogP contribution < -0.4 is 23.8 Å². The Morgan fingerprint density at radius 1 is 0.293 bits per heavy atom. The fraction of sp³-hybridized carbons (Fsp3) is 0.525. The molecule has 2 saturated heterocycles. The second-order valence-electron chi connectivity index (χ2n) is 41.0. The predicted molar refractivity (Wildman–Crippen MR) is 593 cm³/mol. The summed E-state index contributed by atoms with van der Waals surface area (Å²) in [6.45, 7) is 54.9. The maximum Gasteiger partial charge on any atom is 0.166 e. The molecule has 2 aliphatic carbocycles. The van der Waals surface area contributed by atoms with Crippen molar-refractivity contribution in [2.24, 2.45) is 52.8 Å². The summed E-state index contributed by atoms with van der Waals surface area (Å²) in [6.07, 6.45) is 18.1. The molecule has 4 aliphatic rings. The zero-order valence-corrected chi connectivity index (χ0v) is 92.9. The summed E-state index contributed by atoms with van der Waals surface area (Å²) in [5.41, 5.74) is 10.1. The fourth-order valence-corrected chi connectivity index (χ4v) is 15.4. The molecule has 2 saturated carbocycles. The topological polar surface area (TPSA) is 312 Å². The zero-order chi connectivity index (χ0) is 109. The van der Waals surface area contributed by atoms with Gasteiger partial charge in [-0.3, -0.25) is 68.0 Å². The van der Waals surface area contributed by atoms with E-state index >= 15 is 0 Å². The molecule has 28 nitrogen and oxygen atoms in total. The molecule has 0 radical (unpaired) electrons. The standard InChI is InChI=1S/C20H31N3O3.C19H22O3.3C18H21NO3.C15H26O3.C14H28N2O2/c1-15(2)18(24)14-26-12-11-22-7-9-23(10-8-22)19-6-5-17(13-21-19)20(25)16(3)4;1-15(2)19(20)14-21-12-13-22-18-10-8-17(9-11-18)16-6-4-3-5-7-16;1-14(2)18(20)13-21-11-12-22-17-5-3-15(4-6-17)16-7-9-19-10-8-16;2*1-14(2)18(20)13-21-10-11-22-17-7-5-15(6-8-17)16-4-3-9-19-12-16;1-10(2)14(16)9-17-12-5-15(6-12)7-13(8-15)18-11(3)4;1-12(2)14(17)11-18-10-9-15-5-7-16(8-6-15)13(3)4/h5-6,13,15-16H,7-12,14H2,1-4H3;3-11,15H,12-14H2,1-2H3;3-10,14H,11-13H2,1-2H3;2*3-9,12,14H,10-11,13H2,1-2H3;10-13H,5-9H2,1-4H3;12-13H,5-11H2,1-4H3. The van der Waals surface area contributed by atoms with Crippen molar-refractivity contribution in [1.29, 1.82) is 0 Å². The second-order valence-corrected chi connectivity index (χ2v) is 41.0. The monoisotopic (exact) mass is 2070 g/mol. The number of anilines is 1. The number of hydrogen-bond donors (Lipinski definition) is 0. The van der Waals surface area contributed by atoms with Crippen molar-refractivity contribution in [3.8, 4) is 67.5 Å². The summed E-state index contributed by atoms with van der Waals surface area (Å²) < 4.78 is 65.9. The van der Waals surface area contributed by atoms with Crippen LogP contribution in [0.2, 0.25) is 0 Å². The molecule has 4 fully saturated rings. The van der Waals surface area contributed by atoms with Crippen LogP contribution in [-0.2, 0) is 71.5 Å². The second kappa shape index (κ2) is 70.0. The van der Waals surface area contributed by atoms with Crippen LogP contribution in [0.4, 0.5) is 5.82 Å². The summed E-state index contributed by atoms with van der Waals surface area (Å²) in [5, 5.41) is 0. The first-order valence-corrected chi connectivity index (χ1v) is 53.5. The van der Waals surface area contributed by atoms with Crippen molar-refractivity contribution >= 4 is 52.1 Å². The van der Waals surface area contributed by atoms with Gasteiger partial charge < -0.3 is 61.7 Å². The summed E-state index contributed by atoms with van der Waals surface area (Å²) in [7, 11) is 0. The molecule has 28 heteroatoms. The Bertz CT molecular complexity index is 4820. The maximum atomic E-state index is 12.0. The maximum absolute atomic E-state index is 12.0. The Hall–Kier alpha value is -11.4. The lowest BCUT2D eigenvalue weighted by atomic mass is 9.53. The zero-order valence-electron chi connectivity index (χ0n) is 92.9. The third kappa shape index (κ3) is 49.4. The van der Waals surface area contributed by atoms with E-state index in [1.807, 2.05) is 287 Å². The molecule has 150 heavy (non-hydrogen) atoms. The van der Waals surface area contributed by atoms with Crippen LogP contribution in [0.1, 0.15) is 175 Å². The number of carbonyl (C=O) groups is 8. The number of ketones is 8. The number of nitrogens with zero attached hydrogens (tertiary/aromatic N) is 8. The number of rotatable bonds is 54. The van der Waals surface area contributed by atoms with E-state index in [9.17, 15) is 38.4 Å². The van der Waals surface area contributed by atoms with E-state index in [0.29, 0.717) is 108 Å². The summed E-state index contributed by atoms with van der Waals surface area (Å²) in [5.74, 6) is 5.49. The Labute approximate surface area is 893 Å². The van der Waals surface area contributed by atoms with Gasteiger partial charge in [-0.15, -0.1) is 0 Å². The van der Waals surface area contributed by atoms with E-state index in [-0.39, 0.29) is 133 Å². The first-order valence-electron chi connectivity index (χ1n) is 53.5. The Kier molecular flexibility index (Phi) is 58.5. The highest BCUT2D eigenvalue weighted by molar-refractivity contribution is 5.97. The van der Waals surface area contributed by atoms with Gasteiger partial charge in [0, 0.05) is 168 Å². The number of aromatic nitrogens is 4. The van der Waals surface area contributed by atoms with Gasteiger partial charge >= 0.3 is 0 Å². The van der Waals surface area contributed by atoms with E-state index in [0.717, 1.165) is 146 Å². The highest BCUT2D eigenvalue weighted by Gasteiger charge is 2.54. The molecule has 0 amide bonds. The molecular weight excluding hydrogens is 1900 g/mol. The van der Waals surface area contributed by atoms with Crippen LogP contribution in [0.15, 0.2) is 219 Å². The number of Topliss-reactive ketones (excluding diaryl/α,β-unsaturated/α-hetero) is 8. The van der Waals surface area contributed by atoms with E-state index in [1.165, 1.54) is 18.4 Å². The lowest BCUT2D eigenvalue weighted by Gasteiger charge is -2.57. The van der Waals surface area contributed by atoms with Gasteiger partial charge in [-0.25, -0.2) is 4.98 Å². The van der Waals surface area contributed by atoms with Crippen molar-refractivity contribution in [3.05, 3.63) is 225 Å². The molecule has 4 aromatic heterocycles. The molecular formula is C122H170N8O20. The molecule has 9 aromatic rings. The van der Waals surface area contributed by atoms with Gasteiger partial charge in [-0.2, -0.15) is 0 Å². The average Bonchev–Trinajstić information content (AvgIpc) is 0.741. The largest absolute Gasteiger partial charge is 0.491 e. The molecule has 0 atom stereocenters. The van der Waals surface area contributed by atoms with Crippen LogP contribution in [0.5, 0.6) is 23.0 Å². The van der Waals surface area contributed by atoms with Crippen LogP contribution in [-0.4, -0.2) is 283 Å². The molecule has 5 aromatic carbocycles. The van der Waals surface area contributed by atoms with Crippen LogP contribution >= 0.6 is 0 Å². The van der Waals surface area contributed by atoms with Crippen molar-refractivity contribution in [2.75, 3.05) is 183 Å². The summed E-state index contributed by atoms with van der Waals surface area (Å²) in [4.78, 5) is 118. The highest BCUT2D eigenvalue weighted by Crippen LogP contribution is 2.58. The normalized spacial score (nSPS) is 15.4. The number of piperazine rings is 2. The van der Waals surface area contributed by atoms with Gasteiger partial charge in [-0.1, -0.05) is 202 Å². The average molecular weight is 2070 g/mol. The molecule has 13 rings (SSSR count). The Balaban J connectivity index is 0.000000237. The van der Waals surface area contributed by atoms with Crippen molar-refractivity contribution in [3.63, 3.8) is 0 Å². The number of hydrogen-bond acceptors (Lipinski definition) is 28. The minimum Gasteiger partial charge on any atom is -0.491 e. The van der Waals surface area contributed by atoms with Crippen LogP contribution in [0, 0.1) is 52.8 Å². The number of carbonyl (C=O) groups excluding carboxylic acids is 8. The van der Waals surface area contributed by atoms with Gasteiger partial charge in [0.2, 0.25) is 0 Å². The van der Waals surface area contributed by atoms with Gasteiger partial charge in [-0.05, 0) is 188 Å². The molecule has 1 spiro atoms. The SMILES string of the molecule is CC(C)C(=O)COCCN1CCN(C(C)C)CC1.CC(C)C(=O)COCCN1CCN(c2ccc(C(=O)C(C)C)cn2)CC1.CC(C)C(=O)COCCOc1ccc(-c2ccccc2)cc1.CC(C)C(=O)COCCOc1ccc(-c2cccnc2)cc1.CC(C)C(=O)COCCOc1ccc(-c2cccnc2)cc1.CC(C)C(=O)COCCOc1ccc(-c2ccncc2)cc1.CC(C)OC1CC2(CC(OCC(=O)C(C)C)C2)C1. The number of ether oxygens (including phenoxy) is 12. The lowest BCUT2D eigenvalue weighted by molar-refractivity contribution is -0.185. The predicted octanol–water partition coefficient (Wildman–Crippen LogP) is 20.6. The Morgan fingerprint density at radius 3 is 0.920 bits per heavy atom. The van der Waals surface area contributed by atoms with E-state index in [2.05, 4.69) is 79.4 Å². The van der Waals surface area contributed by atoms with Crippen LogP contribution in [0.25, 0.3) is 44.5 Å². The molecule has 818 valence electrons. The fourth-order valence-electron chi connectivity index (χ4n) is 15.4. The van der Waals surface area contributed by atoms with Crippen molar-refractivity contribution < 1.29 is 95.2 Å². The molecule has 6 heterocycles. The van der Waals surface area contributed by atoms with E-state index in [4.69, 9.17) is 56.8 Å². The quantitative estimate of drug-likeness (QED) is 0.0252. The highest BCUT2D eigenvalue weighted by atomic mass is 16.5. The first kappa shape index (κ1) is 126. The molecule has 2 aliphatic heterocycles. The third-order valence-corrected chi connectivity index (χ3v) is 25.5. The number of benzene rings is 5. The van der Waals surface area contributed by atoms with E-state index in [1.54, 1.807) is 31.0 Å². The van der Waals surface area contributed by atoms with Gasteiger partial charge in [0.25, 0.3) is 0 Å². The third-order valence-electron chi connectivity index (χ3n) is 25.5. The summed E-state index contributed by atoms with van der Waals surface area (Å²) >= 11 is 0. The smallest absolute Gasteiger partial charge is 0.166 e. The molecule has 0 bridgehead atoms. The van der Waals surface area contributed by atoms with Gasteiger partial charge in [0.15, 0.2) is 46.3 Å². The summed E-state index contributed by atoms with van der Waals surface area (Å²) in [6, 6.07) is 57.9. The number of pyridine rings is 4. The van der Waals surface area contributed by atoms with Gasteiger partial charge in [0.05, 0.1) is 58.0 Å². The van der Waals surface area contributed by atoms with E-state index < -0.39 is 0 Å². The molecule has 0 N–H and O–H groups in total. The Morgan fingerprint density at radius 2 is 0.607 bits per heavy atom. The van der Waals surface area contributed by atoms with Crippen LogP contribution in [0.3, 0.4) is 0 Å². The van der Waals surface area contributed by atoms with Gasteiger partial charge in [0.1, 0.15) is 101 Å². The minimum atomic E-state index is -0.00996. The first-order chi connectivity index (χ1) is 71.9. The lowest BCUT2D eigenvalue weighted by Crippen LogP contribution is -2.54. The molecule has 0 unspecified atom stereocenters. The van der Waals surface area contributed by atoms with Crippen molar-refractivity contribution in [2.45, 2.75) is 189 Å². The minimum absolute atomic E-state index is 0.00996.